The number of anilines is 1. The number of alkyl halides is 3. The number of carbonyl (C=O) groups excluding carboxylic acids is 2. The normalized spacial score (nSPS) is 14.8. The zero-order chi connectivity index (χ0) is 29.3. The molecule has 0 aliphatic carbocycles. The summed E-state index contributed by atoms with van der Waals surface area (Å²) in [5.41, 5.74) is -0.343. The summed E-state index contributed by atoms with van der Waals surface area (Å²) in [4.78, 5) is 31.3. The molecule has 0 radical (unpaired) electrons. The van der Waals surface area contributed by atoms with Gasteiger partial charge in [0.25, 0.3) is 0 Å². The van der Waals surface area contributed by atoms with Crippen molar-refractivity contribution in [3.05, 3.63) is 65.7 Å². The van der Waals surface area contributed by atoms with Crippen LogP contribution in [-0.2, 0) is 11.0 Å². The molecule has 7 nitrogen and oxygen atoms in total. The second-order valence-electron chi connectivity index (χ2n) is 11.0. The molecule has 40 heavy (non-hydrogen) atoms. The monoisotopic (exact) mass is 560 g/mol. The van der Waals surface area contributed by atoms with Crippen molar-refractivity contribution in [2.75, 3.05) is 58.2 Å². The fourth-order valence-electron chi connectivity index (χ4n) is 4.46. The molecule has 3 amide bonds. The Bertz CT molecular complexity index is 1170. The van der Waals surface area contributed by atoms with Crippen LogP contribution < -0.4 is 10.1 Å². The largest absolute Gasteiger partial charge is 0.496 e. The quantitative estimate of drug-likeness (QED) is 0.419. The topological polar surface area (TPSA) is 65.1 Å². The summed E-state index contributed by atoms with van der Waals surface area (Å²) in [7, 11) is 1.62. The van der Waals surface area contributed by atoms with Gasteiger partial charge in [0.1, 0.15) is 5.75 Å². The third-order valence-electron chi connectivity index (χ3n) is 6.62. The molecule has 0 spiro atoms. The van der Waals surface area contributed by atoms with Gasteiger partial charge in [-0.1, -0.05) is 63.3 Å². The molecule has 0 saturated carbocycles. The maximum atomic E-state index is 13.3. The van der Waals surface area contributed by atoms with Gasteiger partial charge in [-0.25, -0.2) is 4.79 Å². The minimum atomic E-state index is -4.55. The Morgan fingerprint density at radius 3 is 2.30 bits per heavy atom. The summed E-state index contributed by atoms with van der Waals surface area (Å²) in [6.45, 7) is 9.59. The van der Waals surface area contributed by atoms with E-state index in [4.69, 9.17) is 4.74 Å². The zero-order valence-electron chi connectivity index (χ0n) is 23.6. The highest BCUT2D eigenvalue weighted by Crippen LogP contribution is 2.34. The second kappa shape index (κ2) is 13.7. The number of urea groups is 1. The lowest BCUT2D eigenvalue weighted by atomic mass is 9.91. The van der Waals surface area contributed by atoms with E-state index in [2.05, 4.69) is 10.2 Å². The third kappa shape index (κ3) is 9.29. The van der Waals surface area contributed by atoms with E-state index in [0.29, 0.717) is 52.2 Å². The van der Waals surface area contributed by atoms with E-state index in [1.165, 1.54) is 23.1 Å². The second-order valence-corrected chi connectivity index (χ2v) is 11.0. The predicted molar refractivity (Wildman–Crippen MR) is 151 cm³/mol. The van der Waals surface area contributed by atoms with Crippen LogP contribution in [0.25, 0.3) is 6.08 Å². The number of hydrogen-bond donors (Lipinski definition) is 1. The Labute approximate surface area is 234 Å². The lowest BCUT2D eigenvalue weighted by Gasteiger charge is -2.36. The van der Waals surface area contributed by atoms with E-state index >= 15 is 0 Å². The van der Waals surface area contributed by atoms with Gasteiger partial charge in [-0.2, -0.15) is 13.2 Å². The van der Waals surface area contributed by atoms with Gasteiger partial charge in [-0.05, 0) is 23.6 Å². The fourth-order valence-corrected chi connectivity index (χ4v) is 4.46. The smallest absolute Gasteiger partial charge is 0.418 e. The van der Waals surface area contributed by atoms with Crippen molar-refractivity contribution in [3.8, 4) is 5.75 Å². The molecular formula is C30H39F3N4O3. The lowest BCUT2D eigenvalue weighted by molar-refractivity contribution is -0.137. The highest BCUT2D eigenvalue weighted by molar-refractivity contribution is 5.90. The van der Waals surface area contributed by atoms with Crippen LogP contribution >= 0.6 is 0 Å². The van der Waals surface area contributed by atoms with Gasteiger partial charge in [-0.15, -0.1) is 0 Å². The first-order chi connectivity index (χ1) is 18.9. The lowest BCUT2D eigenvalue weighted by Crippen LogP contribution is -2.51. The molecule has 0 unspecified atom stereocenters. The maximum Gasteiger partial charge on any atom is 0.418 e. The number of para-hydroxylation sites is 2. The molecule has 3 rings (SSSR count). The van der Waals surface area contributed by atoms with Gasteiger partial charge >= 0.3 is 12.2 Å². The third-order valence-corrected chi connectivity index (χ3v) is 6.62. The Morgan fingerprint density at radius 2 is 1.65 bits per heavy atom. The van der Waals surface area contributed by atoms with Crippen molar-refractivity contribution in [3.63, 3.8) is 0 Å². The van der Waals surface area contributed by atoms with Gasteiger partial charge in [0.05, 0.1) is 18.4 Å². The van der Waals surface area contributed by atoms with Crippen molar-refractivity contribution in [1.82, 2.24) is 14.7 Å². The van der Waals surface area contributed by atoms with Crippen LogP contribution in [0.1, 0.15) is 38.3 Å². The minimum Gasteiger partial charge on any atom is -0.496 e. The maximum absolute atomic E-state index is 13.3. The number of ether oxygens (including phenoxy) is 1. The fraction of sp³-hybridized carbons (Fsp3) is 0.467. The average Bonchev–Trinajstić information content (AvgIpc) is 2.89. The molecule has 1 aliphatic rings. The molecule has 1 aliphatic heterocycles. The molecule has 2 aromatic rings. The first-order valence-electron chi connectivity index (χ1n) is 13.4. The number of hydrogen-bond acceptors (Lipinski definition) is 4. The van der Waals surface area contributed by atoms with E-state index in [0.717, 1.165) is 17.4 Å². The van der Waals surface area contributed by atoms with E-state index in [9.17, 15) is 22.8 Å². The number of benzene rings is 2. The van der Waals surface area contributed by atoms with Crippen molar-refractivity contribution in [2.24, 2.45) is 5.41 Å². The highest BCUT2D eigenvalue weighted by atomic mass is 19.4. The number of methoxy groups -OCH3 is 1. The van der Waals surface area contributed by atoms with Crippen LogP contribution in [0.4, 0.5) is 23.7 Å². The van der Waals surface area contributed by atoms with Gasteiger partial charge in [0.2, 0.25) is 5.91 Å². The first kappa shape index (κ1) is 31.0. The Kier molecular flexibility index (Phi) is 10.6. The van der Waals surface area contributed by atoms with E-state index in [1.54, 1.807) is 7.11 Å². The van der Waals surface area contributed by atoms with E-state index in [1.807, 2.05) is 62.1 Å². The number of piperazine rings is 1. The number of rotatable bonds is 9. The Balaban J connectivity index is 1.56. The summed E-state index contributed by atoms with van der Waals surface area (Å²) in [5.74, 6) is 0.827. The average molecular weight is 561 g/mol. The molecule has 1 fully saturated rings. The summed E-state index contributed by atoms with van der Waals surface area (Å²) in [6, 6.07) is 12.1. The summed E-state index contributed by atoms with van der Waals surface area (Å²) < 4.78 is 45.2. The molecular weight excluding hydrogens is 521 g/mol. The van der Waals surface area contributed by atoms with Crippen molar-refractivity contribution >= 4 is 23.7 Å². The number of nitrogens with zero attached hydrogens (tertiary/aromatic N) is 3. The Morgan fingerprint density at radius 1 is 1.00 bits per heavy atom. The summed E-state index contributed by atoms with van der Waals surface area (Å²) in [5, 5.41) is 2.41. The SMILES string of the molecule is COc1ccccc1/C=C/CN(CCN1CCN(C(=O)Nc2ccccc2C(F)(F)F)CC1)C(=O)CC(C)(C)C. The van der Waals surface area contributed by atoms with E-state index < -0.39 is 17.8 Å². The summed E-state index contributed by atoms with van der Waals surface area (Å²) >= 11 is 0. The number of amides is 3. The number of halogens is 3. The molecule has 0 atom stereocenters. The van der Waals surface area contributed by atoms with Gasteiger partial charge in [-0.3, -0.25) is 9.69 Å². The van der Waals surface area contributed by atoms with Gasteiger partial charge in [0.15, 0.2) is 0 Å². The molecule has 218 valence electrons. The molecule has 2 aromatic carbocycles. The van der Waals surface area contributed by atoms with Crippen molar-refractivity contribution < 1.29 is 27.5 Å². The minimum absolute atomic E-state index is 0.0681. The van der Waals surface area contributed by atoms with Crippen LogP contribution in [0, 0.1) is 5.41 Å². The van der Waals surface area contributed by atoms with Crippen LogP contribution in [0.2, 0.25) is 0 Å². The molecule has 1 N–H and O–H groups in total. The predicted octanol–water partition coefficient (Wildman–Crippen LogP) is 5.84. The number of carbonyl (C=O) groups is 2. The van der Waals surface area contributed by atoms with Gasteiger partial charge in [0, 0.05) is 57.8 Å². The van der Waals surface area contributed by atoms with E-state index in [-0.39, 0.29) is 17.0 Å². The van der Waals surface area contributed by atoms with Crippen LogP contribution in [0.15, 0.2) is 54.6 Å². The standard InChI is InChI=1S/C30H39F3N4O3/c1-29(2,3)22-27(38)36(15-9-11-23-10-5-8-14-26(23)40-4)19-16-35-17-20-37(21-18-35)28(39)34-25-13-7-6-12-24(25)30(31,32)33/h5-14H,15-22H2,1-4H3,(H,34,39)/b11-9+. The van der Waals surface area contributed by atoms with Crippen molar-refractivity contribution in [2.45, 2.75) is 33.4 Å². The molecule has 10 heteroatoms. The molecule has 0 bridgehead atoms. The van der Waals surface area contributed by atoms with Crippen LogP contribution in [-0.4, -0.2) is 79.6 Å². The molecule has 1 heterocycles. The summed E-state index contributed by atoms with van der Waals surface area (Å²) in [6.07, 6.45) is -0.228. The molecule has 1 saturated heterocycles. The van der Waals surface area contributed by atoms with Crippen LogP contribution in [0.5, 0.6) is 5.75 Å². The van der Waals surface area contributed by atoms with Gasteiger partial charge < -0.3 is 19.9 Å². The zero-order valence-corrected chi connectivity index (χ0v) is 23.6. The Hall–Kier alpha value is -3.53. The number of nitrogens with one attached hydrogen (secondary N) is 1. The van der Waals surface area contributed by atoms with Crippen LogP contribution in [0.3, 0.4) is 0 Å². The molecule has 0 aromatic heterocycles. The van der Waals surface area contributed by atoms with Crippen molar-refractivity contribution in [1.29, 1.82) is 0 Å². The highest BCUT2D eigenvalue weighted by Gasteiger charge is 2.34. The first-order valence-corrected chi connectivity index (χ1v) is 13.4.